The maximum Gasteiger partial charge on any atom is 0.336 e. The van der Waals surface area contributed by atoms with Crippen LogP contribution in [0.5, 0.6) is 17.2 Å². The Balaban J connectivity index is 1.61. The van der Waals surface area contributed by atoms with Gasteiger partial charge in [0.05, 0.1) is 25.5 Å². The minimum absolute atomic E-state index is 0.00633. The molecule has 0 unspecified atom stereocenters. The number of ether oxygens (including phenoxy) is 3. The van der Waals surface area contributed by atoms with Crippen LogP contribution >= 0.6 is 11.6 Å². The number of aliphatic hydroxyl groups is 1. The minimum atomic E-state index is -1.89. The number of carbonyl (C=O) groups is 2. The molecule has 2 aliphatic rings. The summed E-state index contributed by atoms with van der Waals surface area (Å²) in [6.07, 6.45) is 1.09. The van der Waals surface area contributed by atoms with Crippen molar-refractivity contribution in [2.75, 3.05) is 14.2 Å². The quantitative estimate of drug-likeness (QED) is 0.378. The number of methoxy groups -OCH3 is 2. The summed E-state index contributed by atoms with van der Waals surface area (Å²) in [5, 5.41) is 12.1. The van der Waals surface area contributed by atoms with Gasteiger partial charge in [0.2, 0.25) is 11.4 Å². The number of Topliss-reactive ketones (excluding diaryl/α,β-unsaturated/α-hetero) is 2. The molecule has 0 saturated heterocycles. The van der Waals surface area contributed by atoms with Gasteiger partial charge in [-0.1, -0.05) is 18.5 Å². The molecule has 1 aliphatic carbocycles. The van der Waals surface area contributed by atoms with Crippen LogP contribution in [-0.2, 0) is 4.79 Å². The lowest BCUT2D eigenvalue weighted by atomic mass is 9.73. The van der Waals surface area contributed by atoms with E-state index < -0.39 is 34.5 Å². The van der Waals surface area contributed by atoms with E-state index in [1.54, 1.807) is 32.0 Å². The van der Waals surface area contributed by atoms with Crippen molar-refractivity contribution < 1.29 is 33.3 Å². The number of aliphatic hydroxyl groups excluding tert-OH is 1. The number of aryl methyl sites for hydroxylation is 1. The summed E-state index contributed by atoms with van der Waals surface area (Å²) in [5.74, 6) is -1.89. The summed E-state index contributed by atoms with van der Waals surface area (Å²) in [7, 11) is 2.79. The van der Waals surface area contributed by atoms with Crippen molar-refractivity contribution in [2.24, 2.45) is 10.9 Å². The van der Waals surface area contributed by atoms with Crippen molar-refractivity contribution in [1.29, 1.82) is 0 Å². The van der Waals surface area contributed by atoms with Crippen LogP contribution < -0.4 is 19.8 Å². The first kappa shape index (κ1) is 24.6. The van der Waals surface area contributed by atoms with E-state index in [4.69, 9.17) is 30.2 Å². The fourth-order valence-electron chi connectivity index (χ4n) is 4.85. The molecule has 3 aromatic rings. The van der Waals surface area contributed by atoms with Gasteiger partial charge in [0.15, 0.2) is 17.3 Å². The van der Waals surface area contributed by atoms with Crippen molar-refractivity contribution in [3.05, 3.63) is 68.2 Å². The maximum absolute atomic E-state index is 13.8. The zero-order chi connectivity index (χ0) is 26.6. The number of rotatable bonds is 4. The second-order valence-corrected chi connectivity index (χ2v) is 9.32. The number of nitrogens with zero attached hydrogens (tertiary/aromatic N) is 1. The van der Waals surface area contributed by atoms with Crippen LogP contribution in [-0.4, -0.2) is 42.7 Å². The molecule has 2 aromatic carbocycles. The van der Waals surface area contributed by atoms with Crippen molar-refractivity contribution in [1.82, 2.24) is 0 Å². The maximum atomic E-state index is 13.8. The van der Waals surface area contributed by atoms with Gasteiger partial charge in [0, 0.05) is 42.1 Å². The Labute approximate surface area is 215 Å². The van der Waals surface area contributed by atoms with Gasteiger partial charge in [-0.05, 0) is 24.6 Å². The number of hydrogen-bond acceptors (Lipinski definition) is 9. The van der Waals surface area contributed by atoms with Crippen LogP contribution in [0.4, 0.5) is 5.69 Å². The van der Waals surface area contributed by atoms with Crippen molar-refractivity contribution in [2.45, 2.75) is 25.9 Å². The molecular weight excluding hydrogens is 502 g/mol. The van der Waals surface area contributed by atoms with Crippen LogP contribution in [0.1, 0.15) is 29.3 Å². The van der Waals surface area contributed by atoms with E-state index in [1.165, 1.54) is 32.6 Å². The second kappa shape index (κ2) is 8.77. The normalized spacial score (nSPS) is 21.2. The lowest BCUT2D eigenvalue weighted by molar-refractivity contribution is -0.118. The lowest BCUT2D eigenvalue weighted by Gasteiger charge is -2.36. The van der Waals surface area contributed by atoms with Crippen LogP contribution in [0.15, 0.2) is 55.9 Å². The molecule has 2 atom stereocenters. The first-order chi connectivity index (χ1) is 17.6. The molecule has 2 heterocycles. The van der Waals surface area contributed by atoms with Gasteiger partial charge in [0.1, 0.15) is 27.7 Å². The number of hydrogen-bond donors (Lipinski definition) is 1. The Kier molecular flexibility index (Phi) is 5.83. The Hall–Kier alpha value is -4.11. The molecule has 1 N–H and O–H groups in total. The predicted molar refractivity (Wildman–Crippen MR) is 136 cm³/mol. The van der Waals surface area contributed by atoms with Gasteiger partial charge in [0.25, 0.3) is 0 Å². The molecule has 10 heteroatoms. The van der Waals surface area contributed by atoms with Gasteiger partial charge >= 0.3 is 5.63 Å². The standard InChI is InChI=1S/C27H22ClNO8/c1-12-7-21(31)36-18-9-14(5-6-15(12)18)29-11-16-17(30)8-13(2)27(25(16)32)26(33)22-19(34-3)10-20(35-4)23(28)24(22)37-27/h5-7,9-11,13,32H,8H2,1-4H3/t13-,27+/m1/s1. The Morgan fingerprint density at radius 3 is 2.57 bits per heavy atom. The largest absolute Gasteiger partial charge is 0.507 e. The van der Waals surface area contributed by atoms with Crippen molar-refractivity contribution in [3.63, 3.8) is 0 Å². The number of benzene rings is 2. The van der Waals surface area contributed by atoms with Gasteiger partial charge < -0.3 is 23.7 Å². The second-order valence-electron chi connectivity index (χ2n) is 8.94. The van der Waals surface area contributed by atoms with Crippen LogP contribution in [0.3, 0.4) is 0 Å². The summed E-state index contributed by atoms with van der Waals surface area (Å²) in [6.45, 7) is 3.43. The zero-order valence-electron chi connectivity index (χ0n) is 20.4. The summed E-state index contributed by atoms with van der Waals surface area (Å²) in [4.78, 5) is 42.8. The van der Waals surface area contributed by atoms with Gasteiger partial charge in [-0.2, -0.15) is 0 Å². The SMILES string of the molecule is COc1cc(OC)c2c(c1Cl)O[C@]1(C2=O)C(O)=C(C=Nc2ccc3c(C)cc(=O)oc3c2)C(=O)C[C@H]1C. The number of allylic oxidation sites excluding steroid dienone is 1. The van der Waals surface area contributed by atoms with Gasteiger partial charge in [-0.3, -0.25) is 14.6 Å². The number of carbonyl (C=O) groups excluding carboxylic acids is 2. The molecule has 0 radical (unpaired) electrons. The smallest absolute Gasteiger partial charge is 0.336 e. The monoisotopic (exact) mass is 523 g/mol. The molecule has 1 aromatic heterocycles. The van der Waals surface area contributed by atoms with E-state index in [9.17, 15) is 19.5 Å². The molecule has 1 aliphatic heterocycles. The number of halogens is 1. The molecule has 37 heavy (non-hydrogen) atoms. The molecule has 190 valence electrons. The summed E-state index contributed by atoms with van der Waals surface area (Å²) >= 11 is 6.44. The lowest BCUT2D eigenvalue weighted by Crippen LogP contribution is -2.52. The Morgan fingerprint density at radius 2 is 1.86 bits per heavy atom. The molecule has 1 spiro atoms. The highest BCUT2D eigenvalue weighted by Crippen LogP contribution is 2.54. The highest BCUT2D eigenvalue weighted by atomic mass is 35.5. The minimum Gasteiger partial charge on any atom is -0.507 e. The molecule has 5 rings (SSSR count). The van der Waals surface area contributed by atoms with Gasteiger partial charge in [-0.15, -0.1) is 0 Å². The van der Waals surface area contributed by atoms with Gasteiger partial charge in [-0.25, -0.2) is 4.79 Å². The van der Waals surface area contributed by atoms with E-state index in [1.807, 2.05) is 0 Å². The zero-order valence-corrected chi connectivity index (χ0v) is 21.1. The highest BCUT2D eigenvalue weighted by Gasteiger charge is 2.60. The average Bonchev–Trinajstić information content (AvgIpc) is 3.17. The van der Waals surface area contributed by atoms with E-state index in [0.717, 1.165) is 10.9 Å². The van der Waals surface area contributed by atoms with E-state index in [-0.39, 0.29) is 39.8 Å². The fourth-order valence-corrected chi connectivity index (χ4v) is 5.11. The molecular formula is C27H22ClNO8. The van der Waals surface area contributed by atoms with E-state index >= 15 is 0 Å². The van der Waals surface area contributed by atoms with Crippen molar-refractivity contribution >= 4 is 46.0 Å². The van der Waals surface area contributed by atoms with E-state index in [2.05, 4.69) is 4.99 Å². The summed E-state index contributed by atoms with van der Waals surface area (Å²) in [5.41, 5.74) is -1.05. The third kappa shape index (κ3) is 3.61. The van der Waals surface area contributed by atoms with E-state index in [0.29, 0.717) is 11.3 Å². The van der Waals surface area contributed by atoms with Crippen LogP contribution in [0.25, 0.3) is 11.0 Å². The molecule has 0 saturated carbocycles. The van der Waals surface area contributed by atoms with Crippen molar-refractivity contribution in [3.8, 4) is 17.2 Å². The molecule has 0 amide bonds. The van der Waals surface area contributed by atoms with Crippen LogP contribution in [0, 0.1) is 12.8 Å². The predicted octanol–water partition coefficient (Wildman–Crippen LogP) is 4.91. The number of ketones is 2. The topological polar surface area (TPSA) is 125 Å². The Morgan fingerprint density at radius 1 is 1.14 bits per heavy atom. The first-order valence-corrected chi connectivity index (χ1v) is 11.7. The fraction of sp³-hybridized carbons (Fsp3) is 0.259. The molecule has 0 fully saturated rings. The number of fused-ring (bicyclic) bond motifs is 2. The molecule has 9 nitrogen and oxygen atoms in total. The number of aliphatic imine (C=N–C) groups is 1. The Bertz CT molecular complexity index is 1620. The third-order valence-corrected chi connectivity index (χ3v) is 7.15. The highest BCUT2D eigenvalue weighted by molar-refractivity contribution is 6.35. The molecule has 0 bridgehead atoms. The van der Waals surface area contributed by atoms with Crippen LogP contribution in [0.2, 0.25) is 5.02 Å². The average molecular weight is 524 g/mol. The first-order valence-electron chi connectivity index (χ1n) is 11.4. The third-order valence-electron chi connectivity index (χ3n) is 6.79. The summed E-state index contributed by atoms with van der Waals surface area (Å²) in [6, 6.07) is 7.82. The summed E-state index contributed by atoms with van der Waals surface area (Å²) < 4.78 is 22.0.